The number of aryl methyl sites for hydroxylation is 1. The van der Waals surface area contributed by atoms with E-state index in [1.807, 2.05) is 12.4 Å². The summed E-state index contributed by atoms with van der Waals surface area (Å²) in [5.41, 5.74) is 5.39. The molecule has 1 rings (SSSR count). The van der Waals surface area contributed by atoms with Crippen molar-refractivity contribution in [2.24, 2.45) is 5.73 Å². The van der Waals surface area contributed by atoms with Crippen LogP contribution in [-0.2, 0) is 13.0 Å². The molecular weight excluding hydrogens is 232 g/mol. The number of nitrogens with zero attached hydrogens (tertiary/aromatic N) is 2. The smallest absolute Gasteiger partial charge is 0.108 e. The lowest BCUT2D eigenvalue weighted by atomic mass is 10.4. The summed E-state index contributed by atoms with van der Waals surface area (Å²) in [4.78, 5) is 4.16. The molecule has 6 heteroatoms. The summed E-state index contributed by atoms with van der Waals surface area (Å²) in [7, 11) is 0. The largest absolute Gasteiger partial charge is 0.334 e. The second-order valence-electron chi connectivity index (χ2n) is 2.18. The average molecular weight is 249 g/mol. The average Bonchev–Trinajstić information content (AvgIpc) is 2.36. The van der Waals surface area contributed by atoms with Gasteiger partial charge in [-0.2, -0.15) is 0 Å². The van der Waals surface area contributed by atoms with Gasteiger partial charge in [0.25, 0.3) is 0 Å². The third-order valence-electron chi connectivity index (χ3n) is 1.49. The summed E-state index contributed by atoms with van der Waals surface area (Å²) in [6.07, 6.45) is 4.76. The van der Waals surface area contributed by atoms with Gasteiger partial charge in [-0.3, -0.25) is 0 Å². The minimum Gasteiger partial charge on any atom is -0.334 e. The van der Waals surface area contributed by atoms with Crippen LogP contribution in [0.25, 0.3) is 0 Å². The van der Waals surface area contributed by atoms with Crippen LogP contribution < -0.4 is 5.73 Å². The number of imidazole rings is 1. The fraction of sp³-hybridized carbons (Fsp3) is 0.571. The van der Waals surface area contributed by atoms with Crippen molar-refractivity contribution in [1.82, 2.24) is 9.55 Å². The second kappa shape index (κ2) is 10.1. The van der Waals surface area contributed by atoms with Crippen molar-refractivity contribution in [1.29, 1.82) is 0 Å². The van der Waals surface area contributed by atoms with Crippen molar-refractivity contribution in [3.63, 3.8) is 0 Å². The number of rotatable bonds is 3. The highest BCUT2D eigenvalue weighted by Crippen LogP contribution is 1.96. The Morgan fingerprint density at radius 1 is 1.38 bits per heavy atom. The number of aromatic nitrogens is 2. The highest BCUT2D eigenvalue weighted by Gasteiger charge is 1.96. The minimum atomic E-state index is 0. The van der Waals surface area contributed by atoms with Gasteiger partial charge in [0, 0.05) is 31.9 Å². The third-order valence-corrected chi connectivity index (χ3v) is 1.49. The van der Waals surface area contributed by atoms with Gasteiger partial charge in [-0.05, 0) is 0 Å². The molecule has 0 aromatic carbocycles. The Morgan fingerprint density at radius 3 is 2.46 bits per heavy atom. The molecule has 80 valence electrons. The van der Waals surface area contributed by atoms with Gasteiger partial charge >= 0.3 is 0 Å². The first kappa shape index (κ1) is 18.8. The summed E-state index contributed by atoms with van der Waals surface area (Å²) >= 11 is 0. The molecule has 0 aliphatic carbocycles. The van der Waals surface area contributed by atoms with Crippen molar-refractivity contribution in [3.8, 4) is 0 Å². The van der Waals surface area contributed by atoms with Crippen molar-refractivity contribution < 1.29 is 0 Å². The van der Waals surface area contributed by atoms with Gasteiger partial charge in [-0.15, -0.1) is 37.2 Å². The Hall–Kier alpha value is 0.0400. The topological polar surface area (TPSA) is 43.8 Å². The van der Waals surface area contributed by atoms with E-state index in [-0.39, 0.29) is 37.2 Å². The van der Waals surface area contributed by atoms with Crippen LogP contribution in [0.1, 0.15) is 12.7 Å². The van der Waals surface area contributed by atoms with E-state index in [2.05, 4.69) is 16.5 Å². The standard InChI is InChI=1S/C7H13N3.3ClH/c1-2-7-9-4-6-10(7)5-3-8;;;/h4,6H,2-3,5,8H2,1H3;3*1H. The molecule has 1 aromatic rings. The van der Waals surface area contributed by atoms with Crippen molar-refractivity contribution in [3.05, 3.63) is 18.2 Å². The maximum Gasteiger partial charge on any atom is 0.108 e. The molecular formula is C7H16Cl3N3. The molecule has 0 atom stereocenters. The first-order chi connectivity index (χ1) is 4.88. The zero-order chi connectivity index (χ0) is 7.40. The predicted octanol–water partition coefficient (Wildman–Crippen LogP) is 1.67. The first-order valence-corrected chi connectivity index (χ1v) is 3.58. The fourth-order valence-corrected chi connectivity index (χ4v) is 0.997. The fourth-order valence-electron chi connectivity index (χ4n) is 0.997. The van der Waals surface area contributed by atoms with E-state index >= 15 is 0 Å². The van der Waals surface area contributed by atoms with Crippen LogP contribution >= 0.6 is 37.2 Å². The Kier molecular flexibility index (Phi) is 14.6. The molecule has 0 spiro atoms. The Labute approximate surface area is 97.3 Å². The molecule has 3 nitrogen and oxygen atoms in total. The molecule has 0 saturated heterocycles. The highest BCUT2D eigenvalue weighted by atomic mass is 35.5. The molecule has 0 saturated carbocycles. The van der Waals surface area contributed by atoms with Gasteiger partial charge < -0.3 is 10.3 Å². The lowest BCUT2D eigenvalue weighted by Gasteiger charge is -2.01. The monoisotopic (exact) mass is 247 g/mol. The lowest BCUT2D eigenvalue weighted by Crippen LogP contribution is -2.11. The van der Waals surface area contributed by atoms with E-state index in [1.54, 1.807) is 0 Å². The van der Waals surface area contributed by atoms with Gasteiger partial charge in [0.15, 0.2) is 0 Å². The number of halogens is 3. The summed E-state index contributed by atoms with van der Waals surface area (Å²) < 4.78 is 2.08. The van der Waals surface area contributed by atoms with Crippen LogP contribution in [0.2, 0.25) is 0 Å². The maximum atomic E-state index is 5.39. The zero-order valence-electron chi connectivity index (χ0n) is 7.47. The third kappa shape index (κ3) is 5.37. The molecule has 0 bridgehead atoms. The molecule has 0 aliphatic rings. The summed E-state index contributed by atoms with van der Waals surface area (Å²) in [5, 5.41) is 0. The van der Waals surface area contributed by atoms with Gasteiger partial charge in [-0.25, -0.2) is 4.98 Å². The van der Waals surface area contributed by atoms with Crippen LogP contribution in [0.4, 0.5) is 0 Å². The zero-order valence-corrected chi connectivity index (χ0v) is 9.92. The molecule has 13 heavy (non-hydrogen) atoms. The Bertz CT molecular complexity index is 203. The molecule has 0 amide bonds. The first-order valence-electron chi connectivity index (χ1n) is 3.58. The maximum absolute atomic E-state index is 5.39. The van der Waals surface area contributed by atoms with Crippen LogP contribution in [0.5, 0.6) is 0 Å². The van der Waals surface area contributed by atoms with E-state index in [0.717, 1.165) is 18.8 Å². The Balaban J connectivity index is -0.000000333. The van der Waals surface area contributed by atoms with E-state index in [9.17, 15) is 0 Å². The number of hydrogen-bond donors (Lipinski definition) is 1. The number of hydrogen-bond acceptors (Lipinski definition) is 2. The summed E-state index contributed by atoms with van der Waals surface area (Å²) in [6.45, 7) is 3.65. The van der Waals surface area contributed by atoms with Crippen LogP contribution in [-0.4, -0.2) is 16.1 Å². The normalized spacial score (nSPS) is 7.85. The molecule has 0 aliphatic heterocycles. The summed E-state index contributed by atoms with van der Waals surface area (Å²) in [6, 6.07) is 0. The second-order valence-corrected chi connectivity index (χ2v) is 2.18. The SMILES string of the molecule is CCc1nccn1CCN.Cl.Cl.Cl. The molecule has 2 N–H and O–H groups in total. The van der Waals surface area contributed by atoms with Crippen LogP contribution in [0.15, 0.2) is 12.4 Å². The van der Waals surface area contributed by atoms with Crippen molar-refractivity contribution in [2.45, 2.75) is 19.9 Å². The minimum absolute atomic E-state index is 0. The van der Waals surface area contributed by atoms with E-state index in [1.165, 1.54) is 0 Å². The molecule has 1 aromatic heterocycles. The highest BCUT2D eigenvalue weighted by molar-refractivity contribution is 5.86. The molecule has 1 heterocycles. The molecule has 0 unspecified atom stereocenters. The molecule has 0 fully saturated rings. The van der Waals surface area contributed by atoms with Gasteiger partial charge in [0.1, 0.15) is 5.82 Å². The van der Waals surface area contributed by atoms with E-state index in [0.29, 0.717) is 6.54 Å². The van der Waals surface area contributed by atoms with Gasteiger partial charge in [0.05, 0.1) is 0 Å². The van der Waals surface area contributed by atoms with E-state index in [4.69, 9.17) is 5.73 Å². The number of nitrogens with two attached hydrogens (primary N) is 1. The quantitative estimate of drug-likeness (QED) is 0.884. The Morgan fingerprint density at radius 2 is 2.00 bits per heavy atom. The van der Waals surface area contributed by atoms with Gasteiger partial charge in [0.2, 0.25) is 0 Å². The van der Waals surface area contributed by atoms with Crippen LogP contribution in [0.3, 0.4) is 0 Å². The van der Waals surface area contributed by atoms with E-state index < -0.39 is 0 Å². The summed E-state index contributed by atoms with van der Waals surface area (Å²) in [5.74, 6) is 1.12. The van der Waals surface area contributed by atoms with Crippen molar-refractivity contribution >= 4 is 37.2 Å². The lowest BCUT2D eigenvalue weighted by molar-refractivity contribution is 0.666. The molecule has 0 radical (unpaired) electrons. The van der Waals surface area contributed by atoms with Gasteiger partial charge in [-0.1, -0.05) is 6.92 Å². The van der Waals surface area contributed by atoms with Crippen molar-refractivity contribution in [2.75, 3.05) is 6.54 Å². The predicted molar refractivity (Wildman–Crippen MR) is 62.4 cm³/mol. The van der Waals surface area contributed by atoms with Crippen LogP contribution in [0, 0.1) is 0 Å².